The summed E-state index contributed by atoms with van der Waals surface area (Å²) in [5, 5.41) is 5.54. The molecule has 9 heteroatoms. The summed E-state index contributed by atoms with van der Waals surface area (Å²) in [6.07, 6.45) is 1.50. The number of hydrazone groups is 1. The standard InChI is InChI=1S/C28H20ClN3O3S2/c29-23-17-15-20(16-18-23)26-27(21-9-3-1-4-10-21)36-28(31-26)32-30-19-22-11-7-8-14-25(22)35-37(33,34)24-12-5-2-6-13-24/h1-19H,(H,31,32)/b30-19+. The van der Waals surface area contributed by atoms with Crippen molar-refractivity contribution in [2.45, 2.75) is 4.90 Å². The Balaban J connectivity index is 1.41. The number of nitrogens with one attached hydrogen (secondary N) is 1. The molecule has 37 heavy (non-hydrogen) atoms. The minimum absolute atomic E-state index is 0.0748. The summed E-state index contributed by atoms with van der Waals surface area (Å²) < 4.78 is 30.8. The smallest absolute Gasteiger partial charge is 0.339 e. The lowest BCUT2D eigenvalue weighted by Gasteiger charge is -2.09. The summed E-state index contributed by atoms with van der Waals surface area (Å²) in [5.41, 5.74) is 6.24. The number of hydrogen-bond donors (Lipinski definition) is 1. The SMILES string of the molecule is O=S(=O)(Oc1ccccc1/C=N/Nc1nc(-c2ccc(Cl)cc2)c(-c2ccccc2)s1)c1ccccc1. The number of para-hydroxylation sites is 1. The zero-order chi connectivity index (χ0) is 25.7. The first kappa shape index (κ1) is 24.7. The highest BCUT2D eigenvalue weighted by molar-refractivity contribution is 7.87. The van der Waals surface area contributed by atoms with Gasteiger partial charge in [-0.05, 0) is 42.0 Å². The second-order valence-corrected chi connectivity index (χ2v) is 10.8. The molecule has 5 aromatic rings. The molecule has 5 rings (SSSR count). The predicted molar refractivity (Wildman–Crippen MR) is 150 cm³/mol. The van der Waals surface area contributed by atoms with Crippen LogP contribution in [0.2, 0.25) is 5.02 Å². The molecule has 1 heterocycles. The largest absolute Gasteiger partial charge is 0.378 e. The third kappa shape index (κ3) is 5.89. The number of nitrogens with zero attached hydrogens (tertiary/aromatic N) is 2. The van der Waals surface area contributed by atoms with Gasteiger partial charge in [0.15, 0.2) is 5.75 Å². The molecule has 0 saturated heterocycles. The fraction of sp³-hybridized carbons (Fsp3) is 0. The second kappa shape index (κ2) is 11.0. The summed E-state index contributed by atoms with van der Waals surface area (Å²) in [6.45, 7) is 0. The van der Waals surface area contributed by atoms with Gasteiger partial charge < -0.3 is 4.18 Å². The first-order chi connectivity index (χ1) is 18.0. The van der Waals surface area contributed by atoms with Gasteiger partial charge in [-0.15, -0.1) is 0 Å². The second-order valence-electron chi connectivity index (χ2n) is 7.83. The van der Waals surface area contributed by atoms with Crippen LogP contribution in [0, 0.1) is 0 Å². The highest BCUT2D eigenvalue weighted by atomic mass is 35.5. The maximum atomic E-state index is 12.7. The van der Waals surface area contributed by atoms with E-state index in [0.717, 1.165) is 21.7 Å². The molecule has 1 aromatic heterocycles. The van der Waals surface area contributed by atoms with Crippen molar-refractivity contribution in [3.05, 3.63) is 120 Å². The van der Waals surface area contributed by atoms with Gasteiger partial charge in [-0.25, -0.2) is 4.98 Å². The third-order valence-electron chi connectivity index (χ3n) is 5.30. The summed E-state index contributed by atoms with van der Waals surface area (Å²) in [6, 6.07) is 32.3. The minimum atomic E-state index is -3.98. The highest BCUT2D eigenvalue weighted by Crippen LogP contribution is 2.39. The van der Waals surface area contributed by atoms with Crippen LogP contribution >= 0.6 is 22.9 Å². The lowest BCUT2D eigenvalue weighted by molar-refractivity contribution is 0.485. The van der Waals surface area contributed by atoms with Crippen LogP contribution in [0.3, 0.4) is 0 Å². The van der Waals surface area contributed by atoms with Crippen LogP contribution in [0.15, 0.2) is 119 Å². The molecular weight excluding hydrogens is 526 g/mol. The zero-order valence-electron chi connectivity index (χ0n) is 19.3. The molecule has 6 nitrogen and oxygen atoms in total. The predicted octanol–water partition coefficient (Wildman–Crippen LogP) is 7.34. The van der Waals surface area contributed by atoms with Crippen LogP contribution in [-0.2, 0) is 10.1 Å². The Morgan fingerprint density at radius 1 is 0.811 bits per heavy atom. The van der Waals surface area contributed by atoms with Crippen molar-refractivity contribution in [3.8, 4) is 27.4 Å². The van der Waals surface area contributed by atoms with E-state index in [1.165, 1.54) is 29.7 Å². The summed E-state index contributed by atoms with van der Waals surface area (Å²) >= 11 is 7.54. The van der Waals surface area contributed by atoms with E-state index in [1.54, 1.807) is 42.5 Å². The van der Waals surface area contributed by atoms with Crippen LogP contribution in [-0.4, -0.2) is 19.6 Å². The average molecular weight is 546 g/mol. The Hall–Kier alpha value is -3.98. The lowest BCUT2D eigenvalue weighted by atomic mass is 10.1. The molecule has 0 aliphatic heterocycles. The molecule has 0 aliphatic carbocycles. The normalized spacial score (nSPS) is 11.5. The van der Waals surface area contributed by atoms with E-state index in [1.807, 2.05) is 54.6 Å². The molecule has 0 aliphatic rings. The van der Waals surface area contributed by atoms with E-state index < -0.39 is 10.1 Å². The van der Waals surface area contributed by atoms with Crippen molar-refractivity contribution in [1.29, 1.82) is 0 Å². The Bertz CT molecular complexity index is 1640. The zero-order valence-corrected chi connectivity index (χ0v) is 21.7. The lowest BCUT2D eigenvalue weighted by Crippen LogP contribution is -2.10. The third-order valence-corrected chi connectivity index (χ3v) is 7.80. The number of thiazole rings is 1. The molecule has 0 fully saturated rings. The van der Waals surface area contributed by atoms with E-state index in [0.29, 0.717) is 15.7 Å². The van der Waals surface area contributed by atoms with E-state index in [-0.39, 0.29) is 10.6 Å². The van der Waals surface area contributed by atoms with E-state index in [9.17, 15) is 8.42 Å². The number of benzene rings is 4. The quantitative estimate of drug-likeness (QED) is 0.125. The van der Waals surface area contributed by atoms with Gasteiger partial charge in [-0.1, -0.05) is 95.7 Å². The number of aromatic nitrogens is 1. The van der Waals surface area contributed by atoms with Crippen LogP contribution in [0.25, 0.3) is 21.7 Å². The molecule has 0 atom stereocenters. The van der Waals surface area contributed by atoms with E-state index in [2.05, 4.69) is 10.5 Å². The highest BCUT2D eigenvalue weighted by Gasteiger charge is 2.18. The molecule has 0 unspecified atom stereocenters. The number of rotatable bonds is 8. The maximum absolute atomic E-state index is 12.7. The van der Waals surface area contributed by atoms with E-state index >= 15 is 0 Å². The first-order valence-corrected chi connectivity index (χ1v) is 13.8. The average Bonchev–Trinajstić information content (AvgIpc) is 3.35. The van der Waals surface area contributed by atoms with Crippen molar-refractivity contribution >= 4 is 44.4 Å². The number of halogens is 1. The van der Waals surface area contributed by atoms with Gasteiger partial charge in [0.05, 0.1) is 16.8 Å². The van der Waals surface area contributed by atoms with Crippen molar-refractivity contribution in [2.75, 3.05) is 5.43 Å². The summed E-state index contributed by atoms with van der Waals surface area (Å²) in [7, 11) is -3.98. The number of hydrogen-bond acceptors (Lipinski definition) is 7. The molecule has 0 saturated carbocycles. The van der Waals surface area contributed by atoms with Crippen molar-refractivity contribution in [3.63, 3.8) is 0 Å². The Morgan fingerprint density at radius 3 is 2.19 bits per heavy atom. The summed E-state index contributed by atoms with van der Waals surface area (Å²) in [5.74, 6) is 0.169. The van der Waals surface area contributed by atoms with Crippen LogP contribution in [0.5, 0.6) is 5.75 Å². The van der Waals surface area contributed by atoms with Gasteiger partial charge in [0, 0.05) is 16.1 Å². The molecule has 0 bridgehead atoms. The van der Waals surface area contributed by atoms with Gasteiger partial charge in [0.2, 0.25) is 5.13 Å². The van der Waals surface area contributed by atoms with E-state index in [4.69, 9.17) is 20.8 Å². The Morgan fingerprint density at radius 2 is 1.46 bits per heavy atom. The Labute approximate surface area is 224 Å². The Kier molecular flexibility index (Phi) is 7.32. The molecule has 0 amide bonds. The summed E-state index contributed by atoms with van der Waals surface area (Å²) in [4.78, 5) is 5.82. The molecule has 4 aromatic carbocycles. The molecule has 0 radical (unpaired) electrons. The van der Waals surface area contributed by atoms with Gasteiger partial charge >= 0.3 is 10.1 Å². The monoisotopic (exact) mass is 545 g/mol. The first-order valence-electron chi connectivity index (χ1n) is 11.2. The molecule has 184 valence electrons. The van der Waals surface area contributed by atoms with Crippen LogP contribution in [0.4, 0.5) is 5.13 Å². The van der Waals surface area contributed by atoms with Crippen LogP contribution in [0.1, 0.15) is 5.56 Å². The topological polar surface area (TPSA) is 80.7 Å². The molecule has 1 N–H and O–H groups in total. The van der Waals surface area contributed by atoms with Gasteiger partial charge in [0.1, 0.15) is 4.90 Å². The molecule has 0 spiro atoms. The van der Waals surface area contributed by atoms with Gasteiger partial charge in [-0.3, -0.25) is 5.43 Å². The maximum Gasteiger partial charge on any atom is 0.339 e. The van der Waals surface area contributed by atoms with Gasteiger partial charge in [0.25, 0.3) is 0 Å². The number of anilines is 1. The fourth-order valence-corrected chi connectivity index (χ4v) is 5.57. The fourth-order valence-electron chi connectivity index (χ4n) is 3.53. The molecular formula is C28H20ClN3O3S2. The van der Waals surface area contributed by atoms with Gasteiger partial charge in [-0.2, -0.15) is 13.5 Å². The van der Waals surface area contributed by atoms with Crippen molar-refractivity contribution < 1.29 is 12.6 Å². The van der Waals surface area contributed by atoms with Crippen molar-refractivity contribution in [2.24, 2.45) is 5.10 Å². The van der Waals surface area contributed by atoms with Crippen molar-refractivity contribution in [1.82, 2.24) is 4.98 Å². The minimum Gasteiger partial charge on any atom is -0.378 e. The van der Waals surface area contributed by atoms with Crippen LogP contribution < -0.4 is 9.61 Å².